The second kappa shape index (κ2) is 6.36. The van der Waals surface area contributed by atoms with Crippen LogP contribution in [-0.2, 0) is 0 Å². The number of piperidine rings is 1. The van der Waals surface area contributed by atoms with Gasteiger partial charge in [0.05, 0.1) is 11.0 Å². The van der Waals surface area contributed by atoms with Crippen molar-refractivity contribution in [1.29, 1.82) is 0 Å². The molecule has 0 spiro atoms. The van der Waals surface area contributed by atoms with Crippen LogP contribution in [0.2, 0.25) is 0 Å². The normalized spacial score (nSPS) is 17.8. The summed E-state index contributed by atoms with van der Waals surface area (Å²) in [6, 6.07) is 14.1. The molecule has 1 fully saturated rings. The molecule has 1 saturated heterocycles. The molecule has 0 unspecified atom stereocenters. The highest BCUT2D eigenvalue weighted by Crippen LogP contribution is 2.28. The van der Waals surface area contributed by atoms with E-state index in [1.54, 1.807) is 0 Å². The summed E-state index contributed by atoms with van der Waals surface area (Å²) in [5.41, 5.74) is 5.13. The van der Waals surface area contributed by atoms with Crippen molar-refractivity contribution >= 4 is 16.9 Å². The number of para-hydroxylation sites is 2. The molecule has 1 amide bonds. The molecular weight excluding hydrogens is 310 g/mol. The Hall–Kier alpha value is -2.62. The molecule has 2 aromatic carbocycles. The number of amides is 1. The van der Waals surface area contributed by atoms with Gasteiger partial charge in [0.2, 0.25) is 0 Å². The maximum Gasteiger partial charge on any atom is 0.254 e. The summed E-state index contributed by atoms with van der Waals surface area (Å²) in [6.45, 7) is 5.64. The van der Waals surface area contributed by atoms with Crippen LogP contribution in [0.25, 0.3) is 11.0 Å². The number of aromatic amines is 1. The Bertz CT molecular complexity index is 895. The lowest BCUT2D eigenvalue weighted by atomic mass is 9.95. The van der Waals surface area contributed by atoms with E-state index in [0.717, 1.165) is 59.5 Å². The van der Waals surface area contributed by atoms with E-state index in [1.807, 2.05) is 48.2 Å². The first-order valence-corrected chi connectivity index (χ1v) is 8.93. The number of hydrogen-bond acceptors (Lipinski definition) is 2. The van der Waals surface area contributed by atoms with E-state index < -0.39 is 0 Å². The van der Waals surface area contributed by atoms with Crippen molar-refractivity contribution in [3.63, 3.8) is 0 Å². The molecule has 0 aliphatic carbocycles. The average molecular weight is 333 g/mol. The number of likely N-dealkylation sites (tertiary alicyclic amines) is 1. The first-order chi connectivity index (χ1) is 12.1. The quantitative estimate of drug-likeness (QED) is 0.764. The van der Waals surface area contributed by atoms with Gasteiger partial charge >= 0.3 is 0 Å². The summed E-state index contributed by atoms with van der Waals surface area (Å²) in [4.78, 5) is 23.2. The Morgan fingerprint density at radius 2 is 2.00 bits per heavy atom. The van der Waals surface area contributed by atoms with Gasteiger partial charge in [0.15, 0.2) is 0 Å². The Morgan fingerprint density at radius 1 is 1.16 bits per heavy atom. The number of rotatable bonds is 2. The highest BCUT2D eigenvalue weighted by Gasteiger charge is 2.28. The van der Waals surface area contributed by atoms with Crippen LogP contribution >= 0.6 is 0 Å². The van der Waals surface area contributed by atoms with Crippen LogP contribution in [0, 0.1) is 13.8 Å². The van der Waals surface area contributed by atoms with Gasteiger partial charge in [-0.05, 0) is 56.0 Å². The molecular formula is C21H23N3O. The standard InChI is InChI=1S/C21H23N3O/c1-14-7-5-9-17(15(14)2)21(25)24-12-6-8-16(13-24)20-22-18-10-3-4-11-19(18)23-20/h3-5,7,9-11,16H,6,8,12-13H2,1-2H3,(H,22,23)/t16-/m0/s1. The van der Waals surface area contributed by atoms with Gasteiger partial charge in [-0.3, -0.25) is 4.79 Å². The van der Waals surface area contributed by atoms with Gasteiger partial charge in [-0.25, -0.2) is 4.98 Å². The molecule has 3 aromatic rings. The van der Waals surface area contributed by atoms with Crippen LogP contribution in [-0.4, -0.2) is 33.9 Å². The largest absolute Gasteiger partial charge is 0.342 e. The number of H-pyrrole nitrogens is 1. The summed E-state index contributed by atoms with van der Waals surface area (Å²) >= 11 is 0. The van der Waals surface area contributed by atoms with Gasteiger partial charge < -0.3 is 9.88 Å². The zero-order chi connectivity index (χ0) is 17.4. The number of aromatic nitrogens is 2. The van der Waals surface area contributed by atoms with E-state index in [1.165, 1.54) is 0 Å². The zero-order valence-electron chi connectivity index (χ0n) is 14.7. The Labute approximate surface area is 147 Å². The molecule has 1 atom stereocenters. The predicted molar refractivity (Wildman–Crippen MR) is 99.9 cm³/mol. The maximum atomic E-state index is 13.0. The molecule has 1 N–H and O–H groups in total. The van der Waals surface area contributed by atoms with Crippen molar-refractivity contribution < 1.29 is 4.79 Å². The third kappa shape index (κ3) is 2.93. The molecule has 0 saturated carbocycles. The summed E-state index contributed by atoms with van der Waals surface area (Å²) < 4.78 is 0. The maximum absolute atomic E-state index is 13.0. The van der Waals surface area contributed by atoms with E-state index in [4.69, 9.17) is 4.98 Å². The minimum atomic E-state index is 0.141. The third-order valence-electron chi connectivity index (χ3n) is 5.34. The van der Waals surface area contributed by atoms with Crippen molar-refractivity contribution in [2.75, 3.05) is 13.1 Å². The Balaban J connectivity index is 1.58. The lowest BCUT2D eigenvalue weighted by Crippen LogP contribution is -2.39. The van der Waals surface area contributed by atoms with E-state index >= 15 is 0 Å². The number of imidazole rings is 1. The number of benzene rings is 2. The van der Waals surface area contributed by atoms with Crippen LogP contribution in [0.3, 0.4) is 0 Å². The molecule has 1 aromatic heterocycles. The number of carbonyl (C=O) groups excluding carboxylic acids is 1. The minimum absolute atomic E-state index is 0.141. The molecule has 25 heavy (non-hydrogen) atoms. The van der Waals surface area contributed by atoms with Gasteiger partial charge in [0.1, 0.15) is 5.82 Å². The third-order valence-corrected chi connectivity index (χ3v) is 5.34. The summed E-state index contributed by atoms with van der Waals surface area (Å²) in [6.07, 6.45) is 2.08. The SMILES string of the molecule is Cc1cccc(C(=O)N2CCC[C@H](c3nc4ccccc4[nH]3)C2)c1C. The van der Waals surface area contributed by atoms with Gasteiger partial charge in [0.25, 0.3) is 5.91 Å². The predicted octanol–water partition coefficient (Wildman–Crippen LogP) is 4.20. The number of nitrogens with one attached hydrogen (secondary N) is 1. The Kier molecular flexibility index (Phi) is 4.04. The van der Waals surface area contributed by atoms with Gasteiger partial charge in [0, 0.05) is 24.6 Å². The summed E-state index contributed by atoms with van der Waals surface area (Å²) in [7, 11) is 0. The van der Waals surface area contributed by atoms with Crippen LogP contribution < -0.4 is 0 Å². The lowest BCUT2D eigenvalue weighted by molar-refractivity contribution is 0.0704. The minimum Gasteiger partial charge on any atom is -0.342 e. The van der Waals surface area contributed by atoms with Crippen molar-refractivity contribution in [2.24, 2.45) is 0 Å². The molecule has 128 valence electrons. The summed E-state index contributed by atoms with van der Waals surface area (Å²) in [5, 5.41) is 0. The highest BCUT2D eigenvalue weighted by molar-refractivity contribution is 5.96. The number of nitrogens with zero attached hydrogens (tertiary/aromatic N) is 2. The van der Waals surface area contributed by atoms with E-state index in [2.05, 4.69) is 18.0 Å². The molecule has 4 nitrogen and oxygen atoms in total. The lowest BCUT2D eigenvalue weighted by Gasteiger charge is -2.32. The second-order valence-electron chi connectivity index (χ2n) is 6.98. The van der Waals surface area contributed by atoms with Crippen molar-refractivity contribution in [2.45, 2.75) is 32.6 Å². The van der Waals surface area contributed by atoms with Crippen LogP contribution in [0.15, 0.2) is 42.5 Å². The first kappa shape index (κ1) is 15.9. The Morgan fingerprint density at radius 3 is 2.84 bits per heavy atom. The number of fused-ring (bicyclic) bond motifs is 1. The smallest absolute Gasteiger partial charge is 0.254 e. The first-order valence-electron chi connectivity index (χ1n) is 8.93. The number of aryl methyl sites for hydroxylation is 1. The van der Waals surface area contributed by atoms with Gasteiger partial charge in [-0.15, -0.1) is 0 Å². The molecule has 4 rings (SSSR count). The number of hydrogen-bond donors (Lipinski definition) is 1. The summed E-state index contributed by atoms with van der Waals surface area (Å²) in [5.74, 6) is 1.41. The fourth-order valence-corrected chi connectivity index (χ4v) is 3.70. The highest BCUT2D eigenvalue weighted by atomic mass is 16.2. The van der Waals surface area contributed by atoms with E-state index in [0.29, 0.717) is 0 Å². The molecule has 2 heterocycles. The topological polar surface area (TPSA) is 49.0 Å². The average Bonchev–Trinajstić information content (AvgIpc) is 3.08. The van der Waals surface area contributed by atoms with E-state index in [9.17, 15) is 4.79 Å². The molecule has 1 aliphatic heterocycles. The zero-order valence-corrected chi connectivity index (χ0v) is 14.7. The van der Waals surface area contributed by atoms with Crippen LogP contribution in [0.5, 0.6) is 0 Å². The second-order valence-corrected chi connectivity index (χ2v) is 6.98. The van der Waals surface area contributed by atoms with Crippen LogP contribution in [0.1, 0.15) is 46.1 Å². The fraction of sp³-hybridized carbons (Fsp3) is 0.333. The molecule has 4 heteroatoms. The molecule has 1 aliphatic rings. The van der Waals surface area contributed by atoms with Crippen molar-refractivity contribution in [3.8, 4) is 0 Å². The van der Waals surface area contributed by atoms with Crippen molar-refractivity contribution in [3.05, 3.63) is 65.0 Å². The molecule has 0 bridgehead atoms. The van der Waals surface area contributed by atoms with Crippen molar-refractivity contribution in [1.82, 2.24) is 14.9 Å². The van der Waals surface area contributed by atoms with Gasteiger partial charge in [-0.1, -0.05) is 24.3 Å². The number of carbonyl (C=O) groups is 1. The monoisotopic (exact) mass is 333 g/mol. The molecule has 0 radical (unpaired) electrons. The van der Waals surface area contributed by atoms with E-state index in [-0.39, 0.29) is 11.8 Å². The van der Waals surface area contributed by atoms with Crippen LogP contribution in [0.4, 0.5) is 0 Å². The fourth-order valence-electron chi connectivity index (χ4n) is 3.70. The van der Waals surface area contributed by atoms with Gasteiger partial charge in [-0.2, -0.15) is 0 Å².